The Morgan fingerprint density at radius 2 is 2.00 bits per heavy atom. The van der Waals surface area contributed by atoms with E-state index < -0.39 is 0 Å². The van der Waals surface area contributed by atoms with Gasteiger partial charge in [0.15, 0.2) is 6.61 Å². The van der Waals surface area contributed by atoms with E-state index in [0.717, 1.165) is 27.6 Å². The fourth-order valence-corrected chi connectivity index (χ4v) is 5.07. The zero-order chi connectivity index (χ0) is 20.1. The number of carbonyl (C=O) groups excluding carboxylic acids is 1. The molecule has 1 radical (unpaired) electrons. The van der Waals surface area contributed by atoms with Crippen LogP contribution in [0.5, 0.6) is 5.75 Å². The number of benzene rings is 2. The number of hydrogen-bond donors (Lipinski definition) is 2. The quantitative estimate of drug-likeness (QED) is 0.738. The van der Waals surface area contributed by atoms with Crippen molar-refractivity contribution in [2.75, 3.05) is 11.9 Å². The average Bonchev–Trinajstić information content (AvgIpc) is 3.07. The number of rotatable bonds is 2. The molecule has 1 saturated heterocycles. The fraction of sp³-hybridized carbons (Fsp3) is 0.238. The van der Waals surface area contributed by atoms with E-state index in [9.17, 15) is 9.18 Å². The summed E-state index contributed by atoms with van der Waals surface area (Å²) in [5.41, 5.74) is 8.17. The number of anilines is 1. The molecule has 0 aromatic heterocycles. The lowest BCUT2D eigenvalue weighted by atomic mass is 9.96. The second kappa shape index (κ2) is 6.98. The largest absolute Gasteiger partial charge is 0.481 e. The maximum absolute atomic E-state index is 13.5. The van der Waals surface area contributed by atoms with Crippen LogP contribution in [0.3, 0.4) is 0 Å². The molecular formula is C21H19FN4O2S+. The Morgan fingerprint density at radius 1 is 1.21 bits per heavy atom. The van der Waals surface area contributed by atoms with Crippen LogP contribution in [0.15, 0.2) is 53.3 Å². The summed E-state index contributed by atoms with van der Waals surface area (Å²) in [5, 5.41) is 5.70. The first-order chi connectivity index (χ1) is 14.0. The van der Waals surface area contributed by atoms with E-state index in [-0.39, 0.29) is 29.6 Å². The van der Waals surface area contributed by atoms with E-state index >= 15 is 0 Å². The van der Waals surface area contributed by atoms with Gasteiger partial charge in [0.25, 0.3) is 5.91 Å². The number of aliphatic imine (C=N–C) groups is 1. The molecule has 5 rings (SSSR count). The highest BCUT2D eigenvalue weighted by Crippen LogP contribution is 2.48. The van der Waals surface area contributed by atoms with Gasteiger partial charge in [-0.15, -0.1) is 0 Å². The maximum atomic E-state index is 13.5. The third kappa shape index (κ3) is 3.23. The molecule has 2 N–H and O–H groups in total. The number of hydrazine groups is 1. The summed E-state index contributed by atoms with van der Waals surface area (Å²) in [6, 6.07) is 10.5. The predicted octanol–water partition coefficient (Wildman–Crippen LogP) is 3.87. The SMILES string of the molecule is CC1=CN=C2SC(c3cc(C)c4c(c3)NC(=O)CO4)C(c3ccc(F)cc3)N[N+]12. The van der Waals surface area contributed by atoms with Crippen LogP contribution >= 0.6 is 11.8 Å². The molecule has 2 atom stereocenters. The number of allylic oxidation sites excluding steroid dienone is 1. The van der Waals surface area contributed by atoms with Gasteiger partial charge in [0.1, 0.15) is 17.6 Å². The number of aryl methyl sites for hydroxylation is 1. The molecule has 0 bridgehead atoms. The lowest BCUT2D eigenvalue weighted by Crippen LogP contribution is -2.51. The Hall–Kier alpha value is -2.68. The van der Waals surface area contributed by atoms with Gasteiger partial charge in [0, 0.05) is 11.9 Å². The van der Waals surface area contributed by atoms with Gasteiger partial charge in [-0.3, -0.25) is 4.79 Å². The fourth-order valence-electron chi connectivity index (χ4n) is 3.80. The van der Waals surface area contributed by atoms with Gasteiger partial charge < -0.3 is 10.1 Å². The smallest absolute Gasteiger partial charge is 0.341 e. The molecule has 2 aromatic rings. The maximum Gasteiger partial charge on any atom is 0.341 e. The summed E-state index contributed by atoms with van der Waals surface area (Å²) >= 11 is 1.64. The molecule has 2 aromatic carbocycles. The van der Waals surface area contributed by atoms with Gasteiger partial charge in [0.05, 0.1) is 17.1 Å². The number of carbonyl (C=O) groups is 1. The van der Waals surface area contributed by atoms with Crippen molar-refractivity contribution in [3.8, 4) is 5.75 Å². The Bertz CT molecular complexity index is 1070. The molecule has 8 heteroatoms. The zero-order valence-corrected chi connectivity index (χ0v) is 16.7. The molecule has 0 aliphatic carbocycles. The number of thioether (sulfide) groups is 1. The summed E-state index contributed by atoms with van der Waals surface area (Å²) in [6.07, 6.45) is 1.83. The first kappa shape index (κ1) is 18.4. The molecule has 29 heavy (non-hydrogen) atoms. The van der Waals surface area contributed by atoms with Crippen molar-refractivity contribution in [3.05, 3.63) is 70.8 Å². The molecule has 1 fully saturated rings. The molecule has 1 amide bonds. The van der Waals surface area contributed by atoms with Crippen molar-refractivity contribution in [2.45, 2.75) is 25.1 Å². The molecule has 2 unspecified atom stereocenters. The normalized spacial score (nSPS) is 23.5. The number of amides is 1. The van der Waals surface area contributed by atoms with E-state index in [2.05, 4.69) is 21.8 Å². The average molecular weight is 410 g/mol. The second-order valence-corrected chi connectivity index (χ2v) is 8.37. The van der Waals surface area contributed by atoms with Crippen LogP contribution in [0.2, 0.25) is 0 Å². The lowest BCUT2D eigenvalue weighted by Gasteiger charge is -2.32. The minimum Gasteiger partial charge on any atom is -0.481 e. The summed E-state index contributed by atoms with van der Waals surface area (Å²) < 4.78 is 19.1. The Morgan fingerprint density at radius 3 is 2.79 bits per heavy atom. The lowest BCUT2D eigenvalue weighted by molar-refractivity contribution is -0.118. The van der Waals surface area contributed by atoms with Gasteiger partial charge in [-0.25, -0.2) is 4.39 Å². The third-order valence-corrected chi connectivity index (χ3v) is 6.48. The molecule has 3 aliphatic rings. The highest BCUT2D eigenvalue weighted by Gasteiger charge is 2.46. The number of hydrogen-bond acceptors (Lipinski definition) is 6. The number of ether oxygens (including phenoxy) is 1. The molecule has 0 saturated carbocycles. The predicted molar refractivity (Wildman–Crippen MR) is 111 cm³/mol. The van der Waals surface area contributed by atoms with E-state index in [0.29, 0.717) is 11.4 Å². The molecule has 6 nitrogen and oxygen atoms in total. The van der Waals surface area contributed by atoms with Crippen molar-refractivity contribution in [2.24, 2.45) is 4.99 Å². The first-order valence-electron chi connectivity index (χ1n) is 9.30. The standard InChI is InChI=1S/C21H19FN4O2S/c1-11-7-14(8-16-19(11)28-10-17(27)24-16)20-18(13-3-5-15(22)6-4-13)25-26-12(2)9-23-21(26)29-20/h3-9,18,20,25H,10H2,1-2H3,(H,24,27)/q+1. The summed E-state index contributed by atoms with van der Waals surface area (Å²) in [6.45, 7) is 3.99. The van der Waals surface area contributed by atoms with Gasteiger partial charge >= 0.3 is 5.17 Å². The second-order valence-electron chi connectivity index (χ2n) is 7.27. The topological polar surface area (TPSA) is 68.6 Å². The summed E-state index contributed by atoms with van der Waals surface area (Å²) in [7, 11) is 0. The number of nitrogens with one attached hydrogen (secondary N) is 2. The Kier molecular flexibility index (Phi) is 4.42. The van der Waals surface area contributed by atoms with Gasteiger partial charge in [-0.05, 0) is 53.6 Å². The highest BCUT2D eigenvalue weighted by molar-refractivity contribution is 8.14. The Labute approximate surface area is 171 Å². The van der Waals surface area contributed by atoms with Crippen molar-refractivity contribution >= 4 is 28.5 Å². The van der Waals surface area contributed by atoms with Crippen molar-refractivity contribution in [1.29, 1.82) is 0 Å². The van der Waals surface area contributed by atoms with Gasteiger partial charge in [0.2, 0.25) is 5.70 Å². The molecule has 0 spiro atoms. The van der Waals surface area contributed by atoms with E-state index in [4.69, 9.17) is 4.74 Å². The van der Waals surface area contributed by atoms with Crippen LogP contribution in [0.4, 0.5) is 10.1 Å². The summed E-state index contributed by atoms with van der Waals surface area (Å²) in [4.78, 5) is 16.3. The van der Waals surface area contributed by atoms with Crippen LogP contribution in [-0.4, -0.2) is 17.7 Å². The number of fused-ring (bicyclic) bond motifs is 2. The minimum atomic E-state index is -0.266. The van der Waals surface area contributed by atoms with E-state index in [1.807, 2.05) is 31.1 Å². The minimum absolute atomic E-state index is 0.0296. The van der Waals surface area contributed by atoms with Gasteiger partial charge in [-0.1, -0.05) is 23.6 Å². The van der Waals surface area contributed by atoms with Crippen LogP contribution in [0.25, 0.3) is 0 Å². The van der Waals surface area contributed by atoms with E-state index in [1.54, 1.807) is 23.9 Å². The van der Waals surface area contributed by atoms with E-state index in [1.165, 1.54) is 12.1 Å². The van der Waals surface area contributed by atoms with Crippen molar-refractivity contribution < 1.29 is 13.9 Å². The molecule has 147 valence electrons. The summed E-state index contributed by atoms with van der Waals surface area (Å²) in [5.74, 6) is 0.278. The highest BCUT2D eigenvalue weighted by atomic mass is 32.2. The zero-order valence-electron chi connectivity index (χ0n) is 15.9. The molecular weight excluding hydrogens is 391 g/mol. The van der Waals surface area contributed by atoms with Crippen LogP contribution in [0.1, 0.15) is 34.9 Å². The first-order valence-corrected chi connectivity index (χ1v) is 10.2. The van der Waals surface area contributed by atoms with Crippen LogP contribution < -0.4 is 20.5 Å². The van der Waals surface area contributed by atoms with Gasteiger partial charge in [-0.2, -0.15) is 4.99 Å². The monoisotopic (exact) mass is 410 g/mol. The third-order valence-electron chi connectivity index (χ3n) is 5.19. The number of amidine groups is 1. The van der Waals surface area contributed by atoms with Crippen molar-refractivity contribution in [1.82, 2.24) is 10.4 Å². The van der Waals surface area contributed by atoms with Crippen LogP contribution in [0, 0.1) is 12.7 Å². The number of nitrogens with zero attached hydrogens (tertiary/aromatic N) is 2. The Balaban J connectivity index is 1.57. The van der Waals surface area contributed by atoms with Crippen molar-refractivity contribution in [3.63, 3.8) is 0 Å². The molecule has 3 heterocycles. The number of halogens is 1. The van der Waals surface area contributed by atoms with Crippen LogP contribution in [-0.2, 0) is 4.79 Å². The molecule has 3 aliphatic heterocycles.